The summed E-state index contributed by atoms with van der Waals surface area (Å²) in [7, 11) is -6.07. The Morgan fingerprint density at radius 2 is 1.88 bits per heavy atom. The molecular weight excluding hydrogens is 498 g/mol. The smallest absolute Gasteiger partial charge is 0.268 e. The molecule has 0 radical (unpaired) electrons. The van der Waals surface area contributed by atoms with E-state index in [1.54, 1.807) is 31.2 Å². The zero-order chi connectivity index (χ0) is 24.5. The number of hydrogen-bond donors (Lipinski definition) is 0. The largest absolute Gasteiger partial charge is 0.350 e. The number of rotatable bonds is 7. The van der Waals surface area contributed by atoms with Crippen molar-refractivity contribution in [1.82, 2.24) is 3.97 Å². The molecule has 6 nitrogen and oxygen atoms in total. The van der Waals surface area contributed by atoms with Crippen molar-refractivity contribution in [2.75, 3.05) is 6.61 Å². The van der Waals surface area contributed by atoms with Gasteiger partial charge in [-0.2, -0.15) is 5.26 Å². The Morgan fingerprint density at radius 3 is 2.53 bits per heavy atom. The summed E-state index contributed by atoms with van der Waals surface area (Å²) in [6, 6.07) is 18.0. The average molecular weight is 515 g/mol. The Kier molecular flexibility index (Phi) is 6.83. The molecule has 1 unspecified atom stereocenters. The highest BCUT2D eigenvalue weighted by Crippen LogP contribution is 2.41. The van der Waals surface area contributed by atoms with Crippen LogP contribution in [-0.4, -0.2) is 25.3 Å². The van der Waals surface area contributed by atoms with Crippen LogP contribution in [0.4, 0.5) is 4.39 Å². The van der Waals surface area contributed by atoms with Gasteiger partial charge in [-0.05, 0) is 55.5 Å². The average Bonchev–Trinajstić information content (AvgIpc) is 3.16. The molecule has 0 saturated heterocycles. The molecule has 172 valence electrons. The quantitative estimate of drug-likeness (QED) is 0.262. The lowest BCUT2D eigenvalue weighted by Gasteiger charge is -2.18. The molecular formula is C24H17ClFN2O4PS. The molecule has 4 rings (SSSR count). The number of carbonyl (C=O) groups is 1. The van der Waals surface area contributed by atoms with E-state index in [-0.39, 0.29) is 33.6 Å². The van der Waals surface area contributed by atoms with Crippen LogP contribution in [0.25, 0.3) is 10.9 Å². The van der Waals surface area contributed by atoms with Gasteiger partial charge in [-0.15, -0.1) is 0 Å². The molecule has 0 fully saturated rings. The first-order valence-corrected chi connectivity index (χ1v) is 13.1. The van der Waals surface area contributed by atoms with Gasteiger partial charge in [0.05, 0.1) is 30.2 Å². The van der Waals surface area contributed by atoms with Crippen molar-refractivity contribution < 1.29 is 22.1 Å². The molecule has 4 aromatic rings. The predicted octanol–water partition coefficient (Wildman–Crippen LogP) is 4.74. The van der Waals surface area contributed by atoms with Gasteiger partial charge in [-0.1, -0.05) is 29.8 Å². The maximum Gasteiger partial charge on any atom is 0.268 e. The summed E-state index contributed by atoms with van der Waals surface area (Å²) in [5, 5.41) is 10.6. The molecule has 1 heterocycles. The van der Waals surface area contributed by atoms with Crippen molar-refractivity contribution >= 4 is 57.6 Å². The maximum absolute atomic E-state index is 14.3. The van der Waals surface area contributed by atoms with Gasteiger partial charge in [-0.3, -0.25) is 4.79 Å². The Hall–Kier alpha value is -3.08. The number of aldehydes is 1. The number of aromatic nitrogens is 1. The predicted molar refractivity (Wildman–Crippen MR) is 130 cm³/mol. The first kappa shape index (κ1) is 24.1. The second-order valence-corrected chi connectivity index (χ2v) is 11.2. The number of nitrogens with zero attached hydrogens (tertiary/aromatic N) is 2. The lowest BCUT2D eigenvalue weighted by Crippen LogP contribution is -2.22. The van der Waals surface area contributed by atoms with Crippen molar-refractivity contribution in [1.29, 1.82) is 5.26 Å². The fraction of sp³-hybridized carbons (Fsp3) is 0.0833. The van der Waals surface area contributed by atoms with Gasteiger partial charge in [0.1, 0.15) is 11.5 Å². The minimum Gasteiger partial charge on any atom is -0.350 e. The Bertz CT molecular complexity index is 1550. The van der Waals surface area contributed by atoms with Crippen LogP contribution in [0.3, 0.4) is 0 Å². The van der Waals surface area contributed by atoms with Crippen LogP contribution in [0.1, 0.15) is 23.0 Å². The second kappa shape index (κ2) is 9.65. The number of hydrogen-bond acceptors (Lipinski definition) is 5. The summed E-state index contributed by atoms with van der Waals surface area (Å²) in [6.07, 6.45) is 0.447. The highest BCUT2D eigenvalue weighted by molar-refractivity contribution is 7.90. The van der Waals surface area contributed by atoms with Crippen molar-refractivity contribution in [3.63, 3.8) is 0 Å². The van der Waals surface area contributed by atoms with Gasteiger partial charge in [0.2, 0.25) is 0 Å². The molecule has 0 amide bonds. The molecule has 0 aliphatic carbocycles. The standard InChI is InChI=1S/C24H17ClFN2O4PS/c1-2-32-33(19-11-16(14-27)10-18(26)13-19)24-21-12-17(25)8-9-22(21)28(23(24)15-29)34(30,31)20-6-4-3-5-7-20/h3-13,15H,2H2,1H3. The van der Waals surface area contributed by atoms with Crippen LogP contribution < -0.4 is 10.6 Å². The molecule has 1 aromatic heterocycles. The first-order valence-electron chi connectivity index (χ1n) is 10.0. The van der Waals surface area contributed by atoms with E-state index >= 15 is 0 Å². The van der Waals surface area contributed by atoms with Crippen LogP contribution in [0.5, 0.6) is 0 Å². The summed E-state index contributed by atoms with van der Waals surface area (Å²) in [5.74, 6) is -0.646. The van der Waals surface area contributed by atoms with Crippen LogP contribution >= 0.6 is 19.7 Å². The van der Waals surface area contributed by atoms with Gasteiger partial charge in [0.15, 0.2) is 6.29 Å². The van der Waals surface area contributed by atoms with E-state index in [4.69, 9.17) is 16.1 Å². The minimum atomic E-state index is -4.18. The number of fused-ring (bicyclic) bond motifs is 1. The Labute approximate surface area is 202 Å². The van der Waals surface area contributed by atoms with E-state index in [1.807, 2.05) is 6.07 Å². The topological polar surface area (TPSA) is 89.2 Å². The van der Waals surface area contributed by atoms with Gasteiger partial charge < -0.3 is 4.52 Å². The van der Waals surface area contributed by atoms with Crippen LogP contribution in [-0.2, 0) is 14.5 Å². The molecule has 0 saturated carbocycles. The lowest BCUT2D eigenvalue weighted by molar-refractivity contribution is 0.111. The van der Waals surface area contributed by atoms with E-state index in [2.05, 4.69) is 0 Å². The van der Waals surface area contributed by atoms with Gasteiger partial charge >= 0.3 is 0 Å². The summed E-state index contributed by atoms with van der Waals surface area (Å²) in [4.78, 5) is 12.4. The summed E-state index contributed by atoms with van der Waals surface area (Å²) >= 11 is 6.24. The number of carbonyl (C=O) groups excluding carboxylic acids is 1. The van der Waals surface area contributed by atoms with Crippen molar-refractivity contribution in [3.05, 3.63) is 88.8 Å². The summed E-state index contributed by atoms with van der Waals surface area (Å²) < 4.78 is 48.5. The molecule has 0 spiro atoms. The second-order valence-electron chi connectivity index (χ2n) is 7.12. The van der Waals surface area contributed by atoms with Gasteiger partial charge in [-0.25, -0.2) is 16.8 Å². The van der Waals surface area contributed by atoms with E-state index in [1.165, 1.54) is 36.4 Å². The summed E-state index contributed by atoms with van der Waals surface area (Å²) in [5.41, 5.74) is 0.159. The molecule has 0 aliphatic heterocycles. The van der Waals surface area contributed by atoms with Crippen LogP contribution in [0.15, 0.2) is 71.6 Å². The number of benzene rings is 3. The maximum atomic E-state index is 14.3. The van der Waals surface area contributed by atoms with Crippen LogP contribution in [0, 0.1) is 17.1 Å². The summed E-state index contributed by atoms with van der Waals surface area (Å²) in [6.45, 7) is 1.92. The molecule has 3 aromatic carbocycles. The third kappa shape index (κ3) is 4.24. The van der Waals surface area contributed by atoms with Crippen molar-refractivity contribution in [2.24, 2.45) is 0 Å². The van der Waals surface area contributed by atoms with Crippen molar-refractivity contribution in [2.45, 2.75) is 11.8 Å². The molecule has 34 heavy (non-hydrogen) atoms. The first-order chi connectivity index (χ1) is 16.3. The van der Waals surface area contributed by atoms with Crippen LogP contribution in [0.2, 0.25) is 5.02 Å². The van der Waals surface area contributed by atoms with Gasteiger partial charge in [0.25, 0.3) is 10.0 Å². The van der Waals surface area contributed by atoms with E-state index < -0.39 is 24.0 Å². The lowest BCUT2D eigenvalue weighted by atomic mass is 10.2. The molecule has 0 bridgehead atoms. The number of nitriles is 1. The Morgan fingerprint density at radius 1 is 1.15 bits per heavy atom. The highest BCUT2D eigenvalue weighted by atomic mass is 35.5. The monoisotopic (exact) mass is 514 g/mol. The molecule has 0 N–H and O–H groups in total. The van der Waals surface area contributed by atoms with E-state index in [0.717, 1.165) is 10.0 Å². The normalized spacial score (nSPS) is 12.4. The Balaban J connectivity index is 2.11. The van der Waals surface area contributed by atoms with E-state index in [0.29, 0.717) is 22.0 Å². The van der Waals surface area contributed by atoms with Crippen molar-refractivity contribution in [3.8, 4) is 6.07 Å². The number of halogens is 2. The zero-order valence-corrected chi connectivity index (χ0v) is 20.2. The highest BCUT2D eigenvalue weighted by Gasteiger charge is 2.32. The third-order valence-electron chi connectivity index (χ3n) is 4.99. The zero-order valence-electron chi connectivity index (χ0n) is 17.8. The third-order valence-corrected chi connectivity index (χ3v) is 9.09. The SMILES string of the molecule is CCOP(c1cc(F)cc(C#N)c1)c1c(C=O)n(S(=O)(=O)c2ccccc2)c2ccc(Cl)cc12. The molecule has 1 atom stereocenters. The minimum absolute atomic E-state index is 0.00485. The van der Waals surface area contributed by atoms with E-state index in [9.17, 15) is 22.9 Å². The fourth-order valence-electron chi connectivity index (χ4n) is 3.67. The molecule has 10 heteroatoms. The molecule has 0 aliphatic rings. The van der Waals surface area contributed by atoms with Gasteiger partial charge in [0, 0.05) is 27.6 Å². The fourth-order valence-corrected chi connectivity index (χ4v) is 7.48.